The van der Waals surface area contributed by atoms with Crippen LogP contribution >= 0.6 is 7.82 Å². The summed E-state index contributed by atoms with van der Waals surface area (Å²) in [4.78, 5) is 25.6. The van der Waals surface area contributed by atoms with E-state index < -0.39 is 7.82 Å². The minimum atomic E-state index is -5.39. The first kappa shape index (κ1) is 22.4. The summed E-state index contributed by atoms with van der Waals surface area (Å²) >= 11 is 0. The van der Waals surface area contributed by atoms with Crippen LogP contribution in [0, 0.1) is 0 Å². The summed E-state index contributed by atoms with van der Waals surface area (Å²) in [7, 11) is -5.39. The molecule has 8 heteroatoms. The van der Waals surface area contributed by atoms with Gasteiger partial charge in [-0.15, -0.1) is 0 Å². The molecule has 0 amide bonds. The third-order valence-electron chi connectivity index (χ3n) is 0. The van der Waals surface area contributed by atoms with Crippen molar-refractivity contribution in [1.29, 1.82) is 0 Å². The second kappa shape index (κ2) is 9.51. The smallest absolute Gasteiger partial charge is 0.822 e. The van der Waals surface area contributed by atoms with Gasteiger partial charge in [-0.2, -0.15) is 7.82 Å². The molecule has 0 aromatic heterocycles. The van der Waals surface area contributed by atoms with Crippen molar-refractivity contribution in [2.75, 3.05) is 0 Å². The van der Waals surface area contributed by atoms with Crippen LogP contribution in [0.3, 0.4) is 0 Å². The van der Waals surface area contributed by atoms with Crippen LogP contribution in [0.5, 0.6) is 0 Å². The van der Waals surface area contributed by atoms with E-state index in [0.717, 1.165) is 0 Å². The monoisotopic (exact) mass is 271 g/mol. The Morgan fingerprint density at radius 1 is 1.12 bits per heavy atom. The van der Waals surface area contributed by atoms with Crippen molar-refractivity contribution in [3.05, 3.63) is 0 Å². The van der Waals surface area contributed by atoms with Crippen LogP contribution in [0.25, 0.3) is 0 Å². The molecule has 0 heterocycles. The van der Waals surface area contributed by atoms with E-state index in [4.69, 9.17) is 19.2 Å². The first-order chi connectivity index (χ1) is 2.00. The molecule has 0 saturated heterocycles. The second-order valence-corrected chi connectivity index (χ2v) is 1.34. The molecule has 0 atom stereocenters. The second-order valence-electron chi connectivity index (χ2n) is 0.447. The summed E-state index contributed by atoms with van der Waals surface area (Å²) in [5.41, 5.74) is 0. The Morgan fingerprint density at radius 2 is 1.12 bits per heavy atom. The predicted octanol–water partition coefficient (Wildman–Crippen LogP) is -5.83. The first-order valence-corrected chi connectivity index (χ1v) is 2.19. The molecule has 0 aromatic carbocycles. The molecule has 0 saturated carbocycles. The van der Waals surface area contributed by atoms with Crippen LogP contribution < -0.4 is 44.2 Å². The van der Waals surface area contributed by atoms with Crippen LogP contribution in [0.1, 0.15) is 0 Å². The van der Waals surface area contributed by atoms with Crippen LogP contribution in [0.15, 0.2) is 0 Å². The minimum Gasteiger partial charge on any atom is -0.822 e. The van der Waals surface area contributed by atoms with Crippen molar-refractivity contribution < 1.29 is 92.1 Å². The van der Waals surface area contributed by atoms with Crippen LogP contribution in [-0.2, 0) is 47.8 Å². The molecule has 0 aromatic rings. The average Bonchev–Trinajstić information content (AvgIpc) is 0.722. The Hall–Kier alpha value is 2.51. The third kappa shape index (κ3) is 76.1. The summed E-state index contributed by atoms with van der Waals surface area (Å²) in [6.07, 6.45) is 0. The van der Waals surface area contributed by atoms with E-state index in [2.05, 4.69) is 0 Å². The Bertz CT molecular complexity index is 62.2. The minimum absolute atomic E-state index is 0. The standard InChI is InChI=1S/Cu.Na.H3O4P.Zr/c;;1-5(2,3)4;/h;;(H3,1,2,3,4);/q+2;+1;;+4/p-3. The molecular formula is CuNaO4PZr+4. The Kier molecular flexibility index (Phi) is 26.7. The fraction of sp³-hybridized carbons (Fsp3) is 0. The average molecular weight is 273 g/mol. The van der Waals surface area contributed by atoms with E-state index in [1.807, 2.05) is 0 Å². The quantitative estimate of drug-likeness (QED) is 0.325. The van der Waals surface area contributed by atoms with Gasteiger partial charge in [-0.25, -0.2) is 0 Å². The zero-order chi connectivity index (χ0) is 4.50. The van der Waals surface area contributed by atoms with E-state index in [1.165, 1.54) is 0 Å². The van der Waals surface area contributed by atoms with E-state index in [0.29, 0.717) is 0 Å². The van der Waals surface area contributed by atoms with Gasteiger partial charge in [0.15, 0.2) is 0 Å². The molecule has 0 unspecified atom stereocenters. The van der Waals surface area contributed by atoms with Gasteiger partial charge >= 0.3 is 72.8 Å². The number of rotatable bonds is 0. The van der Waals surface area contributed by atoms with Gasteiger partial charge < -0.3 is 19.2 Å². The van der Waals surface area contributed by atoms with Gasteiger partial charge in [-0.1, -0.05) is 0 Å². The van der Waals surface area contributed by atoms with Crippen LogP contribution in [0.2, 0.25) is 0 Å². The Morgan fingerprint density at radius 3 is 1.12 bits per heavy atom. The van der Waals surface area contributed by atoms with E-state index >= 15 is 0 Å². The van der Waals surface area contributed by atoms with Gasteiger partial charge in [0, 0.05) is 0 Å². The largest absolute Gasteiger partial charge is 4.00 e. The molecule has 8 heavy (non-hydrogen) atoms. The number of hydrogen-bond acceptors (Lipinski definition) is 4. The van der Waals surface area contributed by atoms with Crippen molar-refractivity contribution >= 4 is 7.82 Å². The summed E-state index contributed by atoms with van der Waals surface area (Å²) < 4.78 is 8.55. The van der Waals surface area contributed by atoms with E-state index in [-0.39, 0.29) is 72.8 Å². The van der Waals surface area contributed by atoms with Gasteiger partial charge in [0.05, 0.1) is 0 Å². The maximum Gasteiger partial charge on any atom is 4.00 e. The molecule has 0 bridgehead atoms. The molecule has 4 nitrogen and oxygen atoms in total. The number of phosphoric acid groups is 1. The summed E-state index contributed by atoms with van der Waals surface area (Å²) in [6, 6.07) is 0. The van der Waals surface area contributed by atoms with Crippen molar-refractivity contribution in [2.24, 2.45) is 0 Å². The van der Waals surface area contributed by atoms with Gasteiger partial charge in [-0.3, -0.25) is 0 Å². The zero-order valence-electron chi connectivity index (χ0n) is 3.88. The SMILES string of the molecule is O=P([O-])([O-])[O-].[Cu+2].[Na+].[Zr+4]. The maximum atomic E-state index is 8.55. The molecule has 0 fully saturated rings. The van der Waals surface area contributed by atoms with Crippen LogP contribution in [0.4, 0.5) is 0 Å². The Labute approximate surface area is 98.6 Å². The summed E-state index contributed by atoms with van der Waals surface area (Å²) in [5, 5.41) is 0. The topological polar surface area (TPSA) is 86.2 Å². The normalized spacial score (nSPS) is 7.38. The first-order valence-electron chi connectivity index (χ1n) is 0.730. The molecule has 1 radical (unpaired) electrons. The molecule has 0 aliphatic carbocycles. The zero-order valence-corrected chi connectivity index (χ0v) is 10.2. The molecular weight excluding hydrogens is 273 g/mol. The molecule has 0 aliphatic rings. The van der Waals surface area contributed by atoms with Crippen molar-refractivity contribution in [3.8, 4) is 0 Å². The Balaban J connectivity index is -0.0000000267. The third-order valence-corrected chi connectivity index (χ3v) is 0. The van der Waals surface area contributed by atoms with Gasteiger partial charge in [0.2, 0.25) is 0 Å². The van der Waals surface area contributed by atoms with Crippen molar-refractivity contribution in [1.82, 2.24) is 0 Å². The molecule has 0 aliphatic heterocycles. The van der Waals surface area contributed by atoms with Gasteiger partial charge in [0.1, 0.15) is 0 Å². The molecule has 41 valence electrons. The summed E-state index contributed by atoms with van der Waals surface area (Å²) in [6.45, 7) is 0. The molecule has 0 spiro atoms. The predicted molar refractivity (Wildman–Crippen MR) is 7.61 cm³/mol. The maximum absolute atomic E-state index is 8.55. The van der Waals surface area contributed by atoms with Gasteiger partial charge in [-0.05, 0) is 0 Å². The van der Waals surface area contributed by atoms with Crippen molar-refractivity contribution in [2.45, 2.75) is 0 Å². The molecule has 0 rings (SSSR count). The van der Waals surface area contributed by atoms with Crippen molar-refractivity contribution in [3.63, 3.8) is 0 Å². The summed E-state index contributed by atoms with van der Waals surface area (Å²) in [5.74, 6) is 0. The van der Waals surface area contributed by atoms with E-state index in [1.54, 1.807) is 0 Å². The molecule has 0 N–H and O–H groups in total. The fourth-order valence-corrected chi connectivity index (χ4v) is 0. The fourth-order valence-electron chi connectivity index (χ4n) is 0. The number of hydrogen-bond donors (Lipinski definition) is 0. The van der Waals surface area contributed by atoms with Gasteiger partial charge in [0.25, 0.3) is 0 Å². The van der Waals surface area contributed by atoms with Crippen LogP contribution in [-0.4, -0.2) is 0 Å². The van der Waals surface area contributed by atoms with E-state index in [9.17, 15) is 0 Å².